The first kappa shape index (κ1) is 15.8. The number of hydrogen-bond donors (Lipinski definition) is 0. The van der Waals surface area contributed by atoms with Crippen LogP contribution < -0.4 is 0 Å². The highest BCUT2D eigenvalue weighted by molar-refractivity contribution is 7.10. The van der Waals surface area contributed by atoms with E-state index in [0.717, 1.165) is 42.8 Å². The summed E-state index contributed by atoms with van der Waals surface area (Å²) in [6.07, 6.45) is 6.85. The predicted octanol–water partition coefficient (Wildman–Crippen LogP) is 2.57. The molecule has 1 amide bonds. The number of carbonyl (C=O) groups excluding carboxylic acids is 1. The van der Waals surface area contributed by atoms with E-state index in [1.54, 1.807) is 11.3 Å². The Morgan fingerprint density at radius 3 is 2.96 bits per heavy atom. The number of imidazole rings is 1. The van der Waals surface area contributed by atoms with Gasteiger partial charge in [0.25, 0.3) is 0 Å². The van der Waals surface area contributed by atoms with E-state index in [9.17, 15) is 4.79 Å². The third-order valence-electron chi connectivity index (χ3n) is 4.75. The van der Waals surface area contributed by atoms with Gasteiger partial charge < -0.3 is 14.2 Å². The van der Waals surface area contributed by atoms with Crippen molar-refractivity contribution in [1.82, 2.24) is 14.5 Å². The van der Waals surface area contributed by atoms with Gasteiger partial charge in [-0.3, -0.25) is 4.79 Å². The minimum Gasteiger partial charge on any atom is -0.381 e. The molecule has 1 atom stereocenters. The van der Waals surface area contributed by atoms with Crippen LogP contribution in [0.2, 0.25) is 0 Å². The molecule has 0 saturated heterocycles. The first-order valence-electron chi connectivity index (χ1n) is 8.65. The molecule has 4 rings (SSSR count). The van der Waals surface area contributed by atoms with Gasteiger partial charge >= 0.3 is 0 Å². The molecule has 3 heterocycles. The van der Waals surface area contributed by atoms with Crippen LogP contribution in [0, 0.1) is 11.8 Å². The maximum atomic E-state index is 12.7. The summed E-state index contributed by atoms with van der Waals surface area (Å²) in [5, 5.41) is 2.02. The molecule has 5 nitrogen and oxygen atoms in total. The van der Waals surface area contributed by atoms with Crippen LogP contribution in [-0.2, 0) is 29.0 Å². The third kappa shape index (κ3) is 3.87. The molecule has 0 spiro atoms. The summed E-state index contributed by atoms with van der Waals surface area (Å²) in [6.45, 7) is 3.87. The summed E-state index contributed by atoms with van der Waals surface area (Å²) < 4.78 is 8.08. The number of nitrogens with zero attached hydrogens (tertiary/aromatic N) is 3. The number of amides is 1. The smallest absolute Gasteiger partial charge is 0.228 e. The van der Waals surface area contributed by atoms with Crippen LogP contribution >= 0.6 is 11.3 Å². The van der Waals surface area contributed by atoms with E-state index >= 15 is 0 Å². The molecule has 0 aromatic carbocycles. The van der Waals surface area contributed by atoms with E-state index in [0.29, 0.717) is 18.9 Å². The number of thiophene rings is 1. The zero-order chi connectivity index (χ0) is 16.4. The molecule has 1 aliphatic carbocycles. The Bertz CT molecular complexity index is 678. The summed E-state index contributed by atoms with van der Waals surface area (Å²) in [5.74, 6) is 1.29. The molecule has 128 valence electrons. The zero-order valence-corrected chi connectivity index (χ0v) is 14.6. The third-order valence-corrected chi connectivity index (χ3v) is 5.62. The molecule has 2 aliphatic rings. The summed E-state index contributed by atoms with van der Waals surface area (Å²) in [5.41, 5.74) is 1.11. The van der Waals surface area contributed by atoms with E-state index < -0.39 is 0 Å². The molecule has 6 heteroatoms. The van der Waals surface area contributed by atoms with Crippen LogP contribution in [0.1, 0.15) is 23.4 Å². The molecule has 0 unspecified atom stereocenters. The monoisotopic (exact) mass is 345 g/mol. The molecule has 2 aromatic heterocycles. The summed E-state index contributed by atoms with van der Waals surface area (Å²) in [7, 11) is 0. The van der Waals surface area contributed by atoms with E-state index in [-0.39, 0.29) is 5.91 Å². The van der Waals surface area contributed by atoms with Crippen molar-refractivity contribution in [2.75, 3.05) is 19.8 Å². The van der Waals surface area contributed by atoms with Crippen LogP contribution in [0.25, 0.3) is 0 Å². The van der Waals surface area contributed by atoms with Gasteiger partial charge in [0.15, 0.2) is 0 Å². The van der Waals surface area contributed by atoms with E-state index in [4.69, 9.17) is 4.74 Å². The minimum absolute atomic E-state index is 0.194. The number of rotatable bonds is 6. The predicted molar refractivity (Wildman–Crippen MR) is 92.7 cm³/mol. The second kappa shape index (κ2) is 7.07. The maximum Gasteiger partial charge on any atom is 0.228 e. The lowest BCUT2D eigenvalue weighted by Gasteiger charge is -2.24. The zero-order valence-electron chi connectivity index (χ0n) is 13.8. The Balaban J connectivity index is 1.42. The normalized spacial score (nSPS) is 20.7. The number of ether oxygens (including phenoxy) is 1. The Kier molecular flexibility index (Phi) is 4.67. The molecule has 0 radical (unpaired) electrons. The second-order valence-corrected chi connectivity index (χ2v) is 7.95. The Hall–Kier alpha value is -1.66. The number of aromatic nitrogens is 2. The van der Waals surface area contributed by atoms with E-state index in [1.165, 1.54) is 12.8 Å². The Morgan fingerprint density at radius 1 is 1.29 bits per heavy atom. The fourth-order valence-electron chi connectivity index (χ4n) is 3.21. The minimum atomic E-state index is 0.194. The van der Waals surface area contributed by atoms with Gasteiger partial charge in [0.1, 0.15) is 0 Å². The average molecular weight is 345 g/mol. The van der Waals surface area contributed by atoms with Gasteiger partial charge in [-0.1, -0.05) is 6.07 Å². The lowest BCUT2D eigenvalue weighted by atomic mass is 10.1. The van der Waals surface area contributed by atoms with Crippen molar-refractivity contribution < 1.29 is 9.53 Å². The van der Waals surface area contributed by atoms with Crippen molar-refractivity contribution in [3.63, 3.8) is 0 Å². The molecule has 1 fully saturated rings. The fraction of sp³-hybridized carbons (Fsp3) is 0.556. The van der Waals surface area contributed by atoms with Crippen molar-refractivity contribution in [3.05, 3.63) is 40.6 Å². The second-order valence-electron chi connectivity index (χ2n) is 6.91. The first-order valence-corrected chi connectivity index (χ1v) is 9.53. The van der Waals surface area contributed by atoms with Gasteiger partial charge in [0, 0.05) is 36.7 Å². The Labute approximate surface area is 146 Å². The van der Waals surface area contributed by atoms with Gasteiger partial charge in [-0.15, -0.1) is 11.3 Å². The molecule has 1 saturated carbocycles. The van der Waals surface area contributed by atoms with Gasteiger partial charge in [-0.2, -0.15) is 0 Å². The lowest BCUT2D eigenvalue weighted by Crippen LogP contribution is -2.36. The summed E-state index contributed by atoms with van der Waals surface area (Å²) >= 11 is 1.64. The van der Waals surface area contributed by atoms with Crippen LogP contribution in [0.3, 0.4) is 0 Å². The Morgan fingerprint density at radius 2 is 2.17 bits per heavy atom. The van der Waals surface area contributed by atoms with Crippen molar-refractivity contribution >= 4 is 17.2 Å². The van der Waals surface area contributed by atoms with Crippen molar-refractivity contribution in [3.8, 4) is 0 Å². The molecule has 0 N–H and O–H groups in total. The topological polar surface area (TPSA) is 47.4 Å². The molecule has 2 aromatic rings. The van der Waals surface area contributed by atoms with Crippen molar-refractivity contribution in [2.24, 2.45) is 11.8 Å². The van der Waals surface area contributed by atoms with Gasteiger partial charge in [0.2, 0.25) is 5.91 Å². The molecular weight excluding hydrogens is 322 g/mol. The van der Waals surface area contributed by atoms with Gasteiger partial charge in [0.05, 0.1) is 31.6 Å². The number of carbonyl (C=O) groups is 1. The molecular formula is C18H23N3O2S. The van der Waals surface area contributed by atoms with Crippen molar-refractivity contribution in [2.45, 2.75) is 32.4 Å². The van der Waals surface area contributed by atoms with E-state index in [1.807, 2.05) is 34.9 Å². The largest absolute Gasteiger partial charge is 0.381 e. The SMILES string of the molecule is O=C(Cc1cccs1)N1Cc2cncn2C[C@@H](COCC2CC2)C1. The highest BCUT2D eigenvalue weighted by Crippen LogP contribution is 2.29. The fourth-order valence-corrected chi connectivity index (χ4v) is 3.90. The quantitative estimate of drug-likeness (QED) is 0.808. The number of hydrogen-bond acceptors (Lipinski definition) is 4. The standard InChI is InChI=1S/C18H23N3O2S/c22-18(6-17-2-1-5-24-17)20-8-15(12-23-11-14-3-4-14)9-21-13-19-7-16(21)10-20/h1-2,5,7,13-15H,3-4,6,8-12H2/t15-/m0/s1. The average Bonchev–Trinajstić information content (AvgIpc) is 3.13. The van der Waals surface area contributed by atoms with E-state index in [2.05, 4.69) is 9.55 Å². The summed E-state index contributed by atoms with van der Waals surface area (Å²) in [6, 6.07) is 4.03. The van der Waals surface area contributed by atoms with Crippen LogP contribution in [0.4, 0.5) is 0 Å². The van der Waals surface area contributed by atoms with Gasteiger partial charge in [-0.25, -0.2) is 4.98 Å². The highest BCUT2D eigenvalue weighted by atomic mass is 32.1. The van der Waals surface area contributed by atoms with Crippen LogP contribution in [0.15, 0.2) is 30.0 Å². The summed E-state index contributed by atoms with van der Waals surface area (Å²) in [4.78, 5) is 20.1. The molecule has 0 bridgehead atoms. The highest BCUT2D eigenvalue weighted by Gasteiger charge is 2.27. The lowest BCUT2D eigenvalue weighted by molar-refractivity contribution is -0.131. The van der Waals surface area contributed by atoms with Gasteiger partial charge in [-0.05, 0) is 30.2 Å². The molecule has 24 heavy (non-hydrogen) atoms. The first-order chi connectivity index (χ1) is 11.8. The maximum absolute atomic E-state index is 12.7. The van der Waals surface area contributed by atoms with Crippen LogP contribution in [0.5, 0.6) is 0 Å². The van der Waals surface area contributed by atoms with Crippen molar-refractivity contribution in [1.29, 1.82) is 0 Å². The molecule has 1 aliphatic heterocycles. The van der Waals surface area contributed by atoms with Crippen LogP contribution in [-0.4, -0.2) is 40.1 Å². The number of fused-ring (bicyclic) bond motifs is 1.